The summed E-state index contributed by atoms with van der Waals surface area (Å²) in [6.45, 7) is 5.49. The van der Waals surface area contributed by atoms with E-state index in [1.54, 1.807) is 13.8 Å². The summed E-state index contributed by atoms with van der Waals surface area (Å²) in [5.74, 6) is 1.32. The van der Waals surface area contributed by atoms with Crippen LogP contribution in [-0.2, 0) is 4.79 Å². The average molecular weight is 333 g/mol. The van der Waals surface area contributed by atoms with E-state index in [-0.39, 0.29) is 18.0 Å². The summed E-state index contributed by atoms with van der Waals surface area (Å²) in [5, 5.41) is 2.68. The molecular weight excluding hydrogens is 310 g/mol. The first-order valence-corrected chi connectivity index (χ1v) is 8.08. The maximum absolute atomic E-state index is 12.2. The molecule has 0 aromatic heterocycles. The van der Waals surface area contributed by atoms with E-state index in [0.29, 0.717) is 26.2 Å². The van der Waals surface area contributed by atoms with Crippen molar-refractivity contribution < 1.29 is 19.1 Å². The molecule has 0 spiro atoms. The van der Waals surface area contributed by atoms with Crippen LogP contribution in [0.5, 0.6) is 11.5 Å². The summed E-state index contributed by atoms with van der Waals surface area (Å²) in [6, 6.07) is 7.26. The number of fused-ring (bicyclic) bond motifs is 1. The van der Waals surface area contributed by atoms with Crippen molar-refractivity contribution in [2.24, 2.45) is 0 Å². The predicted octanol–water partition coefficient (Wildman–Crippen LogP) is 1.09. The monoisotopic (exact) mass is 333 g/mol. The van der Waals surface area contributed by atoms with Gasteiger partial charge in [-0.15, -0.1) is 0 Å². The SMILES string of the molecule is CN(CCN1C(=O)NC(C)(C)C1=O)CC1COc2ccccc2O1. The molecule has 1 aromatic rings. The van der Waals surface area contributed by atoms with Crippen molar-refractivity contribution in [1.29, 1.82) is 0 Å². The Bertz CT molecular complexity index is 646. The van der Waals surface area contributed by atoms with Gasteiger partial charge in [0.2, 0.25) is 0 Å². The van der Waals surface area contributed by atoms with E-state index in [2.05, 4.69) is 5.32 Å². The van der Waals surface area contributed by atoms with Gasteiger partial charge < -0.3 is 19.7 Å². The Labute approximate surface area is 141 Å². The van der Waals surface area contributed by atoms with Crippen molar-refractivity contribution >= 4 is 11.9 Å². The molecule has 0 radical (unpaired) electrons. The fraction of sp³-hybridized carbons (Fsp3) is 0.529. The van der Waals surface area contributed by atoms with Crippen LogP contribution in [0.2, 0.25) is 0 Å². The third-order valence-electron chi connectivity index (χ3n) is 4.23. The molecule has 3 rings (SSSR count). The molecule has 0 aliphatic carbocycles. The molecular formula is C17H23N3O4. The molecule has 1 saturated heterocycles. The molecule has 1 N–H and O–H groups in total. The van der Waals surface area contributed by atoms with Crippen LogP contribution in [0.15, 0.2) is 24.3 Å². The van der Waals surface area contributed by atoms with Crippen molar-refractivity contribution in [3.8, 4) is 11.5 Å². The summed E-state index contributed by atoms with van der Waals surface area (Å²) in [5.41, 5.74) is -0.820. The number of hydrogen-bond donors (Lipinski definition) is 1. The Kier molecular flexibility index (Phi) is 4.36. The molecule has 1 atom stereocenters. The van der Waals surface area contributed by atoms with Crippen molar-refractivity contribution in [2.45, 2.75) is 25.5 Å². The van der Waals surface area contributed by atoms with Crippen molar-refractivity contribution in [3.05, 3.63) is 24.3 Å². The lowest BCUT2D eigenvalue weighted by molar-refractivity contribution is -0.130. The van der Waals surface area contributed by atoms with Gasteiger partial charge in [0.15, 0.2) is 11.5 Å². The Morgan fingerprint density at radius 2 is 2.00 bits per heavy atom. The van der Waals surface area contributed by atoms with Crippen LogP contribution in [0.25, 0.3) is 0 Å². The molecule has 2 aliphatic rings. The van der Waals surface area contributed by atoms with Gasteiger partial charge in [-0.3, -0.25) is 9.69 Å². The molecule has 24 heavy (non-hydrogen) atoms. The smallest absolute Gasteiger partial charge is 0.325 e. The highest BCUT2D eigenvalue weighted by Gasteiger charge is 2.43. The zero-order valence-electron chi connectivity index (χ0n) is 14.2. The molecule has 1 unspecified atom stereocenters. The molecule has 7 nitrogen and oxygen atoms in total. The third-order valence-corrected chi connectivity index (χ3v) is 4.23. The molecule has 1 aromatic carbocycles. The second-order valence-electron chi connectivity index (χ2n) is 6.77. The molecule has 7 heteroatoms. The molecule has 0 bridgehead atoms. The second kappa shape index (κ2) is 6.32. The first-order valence-electron chi connectivity index (χ1n) is 8.08. The number of para-hydroxylation sites is 2. The van der Waals surface area contributed by atoms with Crippen LogP contribution in [0.3, 0.4) is 0 Å². The lowest BCUT2D eigenvalue weighted by atomic mass is 10.1. The topological polar surface area (TPSA) is 71.1 Å². The van der Waals surface area contributed by atoms with Crippen LogP contribution in [0.1, 0.15) is 13.8 Å². The molecule has 130 valence electrons. The minimum absolute atomic E-state index is 0.0792. The molecule has 3 amide bonds. The summed E-state index contributed by atoms with van der Waals surface area (Å²) in [7, 11) is 1.94. The number of hydrogen-bond acceptors (Lipinski definition) is 5. The maximum atomic E-state index is 12.2. The van der Waals surface area contributed by atoms with Gasteiger partial charge in [0.1, 0.15) is 18.2 Å². The van der Waals surface area contributed by atoms with Gasteiger partial charge in [-0.2, -0.15) is 0 Å². The van der Waals surface area contributed by atoms with E-state index in [1.165, 1.54) is 4.90 Å². The highest BCUT2D eigenvalue weighted by molar-refractivity contribution is 6.06. The summed E-state index contributed by atoms with van der Waals surface area (Å²) in [4.78, 5) is 27.3. The number of carbonyl (C=O) groups is 2. The lowest BCUT2D eigenvalue weighted by Gasteiger charge is -2.30. The highest BCUT2D eigenvalue weighted by Crippen LogP contribution is 2.30. The molecule has 2 heterocycles. The number of ether oxygens (including phenoxy) is 2. The maximum Gasteiger partial charge on any atom is 0.325 e. The third kappa shape index (κ3) is 3.31. The van der Waals surface area contributed by atoms with E-state index < -0.39 is 5.54 Å². The quantitative estimate of drug-likeness (QED) is 0.817. The number of likely N-dealkylation sites (N-methyl/N-ethyl adjacent to an activating group) is 1. The number of imide groups is 1. The lowest BCUT2D eigenvalue weighted by Crippen LogP contribution is -2.44. The van der Waals surface area contributed by atoms with Gasteiger partial charge in [0.25, 0.3) is 5.91 Å². The number of carbonyl (C=O) groups excluding carboxylic acids is 2. The molecule has 2 aliphatic heterocycles. The largest absolute Gasteiger partial charge is 0.486 e. The Balaban J connectivity index is 1.49. The summed E-state index contributed by atoms with van der Waals surface area (Å²) < 4.78 is 11.6. The Morgan fingerprint density at radius 3 is 2.67 bits per heavy atom. The van der Waals surface area contributed by atoms with E-state index in [1.807, 2.05) is 36.2 Å². The van der Waals surface area contributed by atoms with E-state index in [9.17, 15) is 9.59 Å². The van der Waals surface area contributed by atoms with E-state index in [4.69, 9.17) is 9.47 Å². The Morgan fingerprint density at radius 1 is 1.29 bits per heavy atom. The minimum Gasteiger partial charge on any atom is -0.486 e. The van der Waals surface area contributed by atoms with Gasteiger partial charge in [-0.05, 0) is 33.0 Å². The van der Waals surface area contributed by atoms with Gasteiger partial charge in [0.05, 0.1) is 0 Å². The fourth-order valence-corrected chi connectivity index (χ4v) is 2.88. The second-order valence-corrected chi connectivity index (χ2v) is 6.77. The zero-order chi connectivity index (χ0) is 17.3. The van der Waals surface area contributed by atoms with Crippen LogP contribution in [0.4, 0.5) is 4.79 Å². The number of rotatable bonds is 5. The number of benzene rings is 1. The molecule has 0 saturated carbocycles. The van der Waals surface area contributed by atoms with Crippen LogP contribution in [0, 0.1) is 0 Å². The standard InChI is InChI=1S/C17H23N3O4/c1-17(2)15(21)20(16(22)18-17)9-8-19(3)10-12-11-23-13-6-4-5-7-14(13)24-12/h4-7,12H,8-11H2,1-3H3,(H,18,22). The molecule has 1 fully saturated rings. The minimum atomic E-state index is -0.820. The van der Waals surface area contributed by atoms with Crippen LogP contribution in [-0.4, -0.2) is 66.7 Å². The van der Waals surface area contributed by atoms with Gasteiger partial charge in [-0.25, -0.2) is 4.79 Å². The first kappa shape index (κ1) is 16.6. The van der Waals surface area contributed by atoms with Crippen LogP contribution < -0.4 is 14.8 Å². The average Bonchev–Trinajstić information content (AvgIpc) is 2.73. The van der Waals surface area contributed by atoms with E-state index >= 15 is 0 Å². The number of nitrogens with zero attached hydrogens (tertiary/aromatic N) is 2. The number of nitrogens with one attached hydrogen (secondary N) is 1. The first-order chi connectivity index (χ1) is 11.4. The number of amides is 3. The summed E-state index contributed by atoms with van der Waals surface area (Å²) in [6.07, 6.45) is -0.0792. The normalized spacial score (nSPS) is 22.0. The fourth-order valence-electron chi connectivity index (χ4n) is 2.88. The zero-order valence-corrected chi connectivity index (χ0v) is 14.2. The van der Waals surface area contributed by atoms with Crippen LogP contribution >= 0.6 is 0 Å². The van der Waals surface area contributed by atoms with E-state index in [0.717, 1.165) is 11.5 Å². The van der Waals surface area contributed by atoms with Gasteiger partial charge in [-0.1, -0.05) is 12.1 Å². The highest BCUT2D eigenvalue weighted by atomic mass is 16.6. The van der Waals surface area contributed by atoms with Gasteiger partial charge >= 0.3 is 6.03 Å². The predicted molar refractivity (Wildman–Crippen MR) is 88.2 cm³/mol. The van der Waals surface area contributed by atoms with Crippen molar-refractivity contribution in [3.63, 3.8) is 0 Å². The Hall–Kier alpha value is -2.28. The van der Waals surface area contributed by atoms with Crippen molar-refractivity contribution in [1.82, 2.24) is 15.1 Å². The number of urea groups is 1. The summed E-state index contributed by atoms with van der Waals surface area (Å²) >= 11 is 0. The van der Waals surface area contributed by atoms with Crippen molar-refractivity contribution in [2.75, 3.05) is 33.3 Å². The van der Waals surface area contributed by atoms with Gasteiger partial charge in [0, 0.05) is 19.6 Å².